The van der Waals surface area contributed by atoms with Crippen LogP contribution in [0.1, 0.15) is 33.6 Å². The molecule has 0 atom stereocenters. The maximum absolute atomic E-state index is 12.8. The number of hydrogen-bond acceptors (Lipinski definition) is 5. The monoisotopic (exact) mass is 337 g/mol. The van der Waals surface area contributed by atoms with Gasteiger partial charge < -0.3 is 5.32 Å². The topological polar surface area (TPSA) is 86.8 Å². The van der Waals surface area contributed by atoms with Crippen molar-refractivity contribution in [2.24, 2.45) is 0 Å². The SMILES string of the molecule is CN1C(=O)c2ccc(S(=O)(=O)N(C)C3CCNCC3)cc2C1=O. The highest BCUT2D eigenvalue weighted by atomic mass is 32.2. The van der Waals surface area contributed by atoms with Gasteiger partial charge in [-0.25, -0.2) is 8.42 Å². The molecule has 1 N–H and O–H groups in total. The summed E-state index contributed by atoms with van der Waals surface area (Å²) in [5, 5.41) is 3.20. The van der Waals surface area contributed by atoms with Crippen molar-refractivity contribution < 1.29 is 18.0 Å². The van der Waals surface area contributed by atoms with Crippen molar-refractivity contribution in [3.63, 3.8) is 0 Å². The fourth-order valence-electron chi connectivity index (χ4n) is 3.03. The third-order valence-electron chi connectivity index (χ3n) is 4.56. The number of amides is 2. The molecule has 8 heteroatoms. The lowest BCUT2D eigenvalue weighted by Crippen LogP contribution is -2.43. The van der Waals surface area contributed by atoms with Gasteiger partial charge in [0.2, 0.25) is 10.0 Å². The fourth-order valence-corrected chi connectivity index (χ4v) is 4.48. The van der Waals surface area contributed by atoms with Gasteiger partial charge in [0.15, 0.2) is 0 Å². The average Bonchev–Trinajstić information content (AvgIpc) is 2.79. The van der Waals surface area contributed by atoms with Gasteiger partial charge in [0, 0.05) is 20.1 Å². The predicted molar refractivity (Wildman–Crippen MR) is 83.7 cm³/mol. The molecule has 2 amide bonds. The van der Waals surface area contributed by atoms with Gasteiger partial charge in [-0.05, 0) is 44.1 Å². The summed E-state index contributed by atoms with van der Waals surface area (Å²) in [5.41, 5.74) is 0.401. The molecule has 2 aliphatic rings. The fraction of sp³-hybridized carbons (Fsp3) is 0.467. The summed E-state index contributed by atoms with van der Waals surface area (Å²) in [6, 6.07) is 4.07. The summed E-state index contributed by atoms with van der Waals surface area (Å²) in [7, 11) is -0.739. The molecule has 0 radical (unpaired) electrons. The molecule has 1 saturated heterocycles. The summed E-state index contributed by atoms with van der Waals surface area (Å²) in [6.07, 6.45) is 1.50. The summed E-state index contributed by atoms with van der Waals surface area (Å²) >= 11 is 0. The normalized spacial score (nSPS) is 19.5. The first-order valence-electron chi connectivity index (χ1n) is 7.49. The average molecular weight is 337 g/mol. The molecule has 0 aliphatic carbocycles. The summed E-state index contributed by atoms with van der Waals surface area (Å²) < 4.78 is 27.0. The van der Waals surface area contributed by atoms with E-state index in [0.717, 1.165) is 30.8 Å². The second-order valence-corrected chi connectivity index (χ2v) is 7.88. The Balaban J connectivity index is 1.95. The minimum absolute atomic E-state index is 0.0498. The molecule has 3 rings (SSSR count). The van der Waals surface area contributed by atoms with E-state index >= 15 is 0 Å². The zero-order chi connectivity index (χ0) is 16.8. The highest BCUT2D eigenvalue weighted by molar-refractivity contribution is 7.89. The van der Waals surface area contributed by atoms with Crippen LogP contribution in [-0.4, -0.2) is 62.7 Å². The van der Waals surface area contributed by atoms with Crippen molar-refractivity contribution in [2.45, 2.75) is 23.8 Å². The number of sulfonamides is 1. The number of nitrogens with one attached hydrogen (secondary N) is 1. The molecular formula is C15H19N3O4S. The van der Waals surface area contributed by atoms with Crippen LogP contribution in [0.15, 0.2) is 23.1 Å². The van der Waals surface area contributed by atoms with Crippen LogP contribution in [0, 0.1) is 0 Å². The lowest BCUT2D eigenvalue weighted by molar-refractivity contribution is 0.0693. The van der Waals surface area contributed by atoms with E-state index in [0.29, 0.717) is 0 Å². The van der Waals surface area contributed by atoms with Crippen LogP contribution in [0.5, 0.6) is 0 Å². The van der Waals surface area contributed by atoms with Crippen molar-refractivity contribution >= 4 is 21.8 Å². The Morgan fingerprint density at radius 3 is 2.39 bits per heavy atom. The molecule has 124 valence electrons. The third kappa shape index (κ3) is 2.56. The smallest absolute Gasteiger partial charge is 0.261 e. The second kappa shape index (κ2) is 5.70. The zero-order valence-corrected chi connectivity index (χ0v) is 13.9. The summed E-state index contributed by atoms with van der Waals surface area (Å²) in [4.78, 5) is 25.0. The number of benzene rings is 1. The van der Waals surface area contributed by atoms with E-state index in [9.17, 15) is 18.0 Å². The Hall–Kier alpha value is -1.77. The van der Waals surface area contributed by atoms with Crippen molar-refractivity contribution in [2.75, 3.05) is 27.2 Å². The van der Waals surface area contributed by atoms with Crippen LogP contribution in [0.25, 0.3) is 0 Å². The van der Waals surface area contributed by atoms with Crippen molar-refractivity contribution in [3.8, 4) is 0 Å². The molecule has 7 nitrogen and oxygen atoms in total. The first kappa shape index (κ1) is 16.1. The summed E-state index contributed by atoms with van der Waals surface area (Å²) in [5.74, 6) is -0.868. The van der Waals surface area contributed by atoms with Crippen molar-refractivity contribution in [1.29, 1.82) is 0 Å². The molecule has 0 unspecified atom stereocenters. The number of nitrogens with zero attached hydrogens (tertiary/aromatic N) is 2. The van der Waals surface area contributed by atoms with Crippen LogP contribution >= 0.6 is 0 Å². The molecule has 0 bridgehead atoms. The van der Waals surface area contributed by atoms with Gasteiger partial charge in [-0.2, -0.15) is 4.31 Å². The number of piperidine rings is 1. The van der Waals surface area contributed by atoms with E-state index in [-0.39, 0.29) is 22.1 Å². The number of hydrogen-bond donors (Lipinski definition) is 1. The first-order valence-corrected chi connectivity index (χ1v) is 8.93. The molecule has 1 aromatic rings. The molecule has 2 aliphatic heterocycles. The van der Waals surface area contributed by atoms with Gasteiger partial charge in [0.1, 0.15) is 0 Å². The highest BCUT2D eigenvalue weighted by Crippen LogP contribution is 2.27. The van der Waals surface area contributed by atoms with Crippen molar-refractivity contribution in [1.82, 2.24) is 14.5 Å². The minimum atomic E-state index is -3.70. The molecule has 0 aromatic heterocycles. The van der Waals surface area contributed by atoms with Crippen LogP contribution in [-0.2, 0) is 10.0 Å². The van der Waals surface area contributed by atoms with Gasteiger partial charge >= 0.3 is 0 Å². The number of fused-ring (bicyclic) bond motifs is 1. The highest BCUT2D eigenvalue weighted by Gasteiger charge is 2.35. The number of imide groups is 1. The Labute approximate surface area is 135 Å². The van der Waals surface area contributed by atoms with E-state index in [1.165, 1.54) is 29.6 Å². The molecule has 1 aromatic carbocycles. The standard InChI is InChI=1S/C15H19N3O4S/c1-17-14(19)12-4-3-11(9-13(12)15(17)20)23(21,22)18(2)10-5-7-16-8-6-10/h3-4,9-10,16H,5-8H2,1-2H3. The van der Waals surface area contributed by atoms with Crippen LogP contribution in [0.4, 0.5) is 0 Å². The second-order valence-electron chi connectivity index (χ2n) is 5.88. The lowest BCUT2D eigenvalue weighted by atomic mass is 10.1. The Morgan fingerprint density at radius 1 is 1.13 bits per heavy atom. The predicted octanol–water partition coefficient (Wildman–Crippen LogP) is 0.285. The zero-order valence-electron chi connectivity index (χ0n) is 13.1. The molecule has 2 heterocycles. The maximum atomic E-state index is 12.8. The van der Waals surface area contributed by atoms with Gasteiger partial charge in [-0.15, -0.1) is 0 Å². The van der Waals surface area contributed by atoms with E-state index in [1.807, 2.05) is 0 Å². The van der Waals surface area contributed by atoms with Crippen LogP contribution < -0.4 is 5.32 Å². The summed E-state index contributed by atoms with van der Waals surface area (Å²) in [6.45, 7) is 1.57. The van der Waals surface area contributed by atoms with Crippen LogP contribution in [0.2, 0.25) is 0 Å². The number of rotatable bonds is 3. The van der Waals surface area contributed by atoms with E-state index < -0.39 is 21.8 Å². The molecule has 1 fully saturated rings. The van der Waals surface area contributed by atoms with E-state index in [4.69, 9.17) is 0 Å². The first-order chi connectivity index (χ1) is 10.8. The Morgan fingerprint density at radius 2 is 1.74 bits per heavy atom. The number of carbonyl (C=O) groups is 2. The molecule has 23 heavy (non-hydrogen) atoms. The molecule has 0 saturated carbocycles. The van der Waals surface area contributed by atoms with Crippen LogP contribution in [0.3, 0.4) is 0 Å². The largest absolute Gasteiger partial charge is 0.317 e. The van der Waals surface area contributed by atoms with Crippen molar-refractivity contribution in [3.05, 3.63) is 29.3 Å². The van der Waals surface area contributed by atoms with E-state index in [2.05, 4.69) is 5.32 Å². The Kier molecular flexibility index (Phi) is 3.99. The molecular weight excluding hydrogens is 318 g/mol. The third-order valence-corrected chi connectivity index (χ3v) is 6.47. The van der Waals surface area contributed by atoms with Gasteiger partial charge in [-0.3, -0.25) is 14.5 Å². The quantitative estimate of drug-likeness (QED) is 0.801. The Bertz CT molecular complexity index is 769. The van der Waals surface area contributed by atoms with E-state index in [1.54, 1.807) is 7.05 Å². The maximum Gasteiger partial charge on any atom is 0.261 e. The lowest BCUT2D eigenvalue weighted by Gasteiger charge is -2.30. The van der Waals surface area contributed by atoms with Gasteiger partial charge in [0.25, 0.3) is 11.8 Å². The number of carbonyl (C=O) groups excluding carboxylic acids is 2. The van der Waals surface area contributed by atoms with Gasteiger partial charge in [0.05, 0.1) is 16.0 Å². The van der Waals surface area contributed by atoms with Gasteiger partial charge in [-0.1, -0.05) is 0 Å². The molecule has 0 spiro atoms. The minimum Gasteiger partial charge on any atom is -0.317 e.